The Morgan fingerprint density at radius 2 is 1.78 bits per heavy atom. The molecule has 0 amide bonds. The first-order valence-corrected chi connectivity index (χ1v) is 8.54. The highest BCUT2D eigenvalue weighted by Gasteiger charge is 2.09. The van der Waals surface area contributed by atoms with Gasteiger partial charge in [0.2, 0.25) is 0 Å². The minimum Gasteiger partial charge on any atom is -0.249 e. The number of unbranched alkanes of at least 4 members (excludes halogenated alkanes) is 5. The van der Waals surface area contributed by atoms with Gasteiger partial charge in [0.25, 0.3) is 0 Å². The molecule has 1 unspecified atom stereocenters. The van der Waals surface area contributed by atoms with Gasteiger partial charge in [-0.25, -0.2) is 4.98 Å². The molecule has 2 heteroatoms. The van der Waals surface area contributed by atoms with Gasteiger partial charge in [0.1, 0.15) is 0 Å². The van der Waals surface area contributed by atoms with Crippen LogP contribution in [0.25, 0.3) is 0 Å². The van der Waals surface area contributed by atoms with Crippen molar-refractivity contribution >= 4 is 11.3 Å². The van der Waals surface area contributed by atoms with Gasteiger partial charge >= 0.3 is 0 Å². The van der Waals surface area contributed by atoms with E-state index < -0.39 is 0 Å². The Balaban J connectivity index is 2.28. The maximum atomic E-state index is 4.58. The van der Waals surface area contributed by atoms with E-state index in [-0.39, 0.29) is 0 Å². The third-order valence-electron chi connectivity index (χ3n) is 3.54. The third-order valence-corrected chi connectivity index (χ3v) is 4.83. The van der Waals surface area contributed by atoms with Crippen LogP contribution in [0.1, 0.15) is 87.9 Å². The molecule has 1 atom stereocenters. The fourth-order valence-corrected chi connectivity index (χ4v) is 3.26. The lowest BCUT2D eigenvalue weighted by Crippen LogP contribution is -1.89. The highest BCUT2D eigenvalue weighted by atomic mass is 32.1. The fraction of sp³-hybridized carbons (Fsp3) is 0.812. The van der Waals surface area contributed by atoms with Crippen LogP contribution in [0.2, 0.25) is 0 Å². The number of hydrogen-bond donors (Lipinski definition) is 0. The predicted molar refractivity (Wildman–Crippen MR) is 82.5 cm³/mol. The van der Waals surface area contributed by atoms with E-state index in [1.165, 1.54) is 67.7 Å². The van der Waals surface area contributed by atoms with Crippen molar-refractivity contribution in [3.63, 3.8) is 0 Å². The van der Waals surface area contributed by atoms with E-state index in [0.717, 1.165) is 0 Å². The molecule has 0 aromatic carbocycles. The highest BCUT2D eigenvalue weighted by molar-refractivity contribution is 7.11. The van der Waals surface area contributed by atoms with Gasteiger partial charge in [-0.2, -0.15) is 0 Å². The molecule has 0 aliphatic heterocycles. The summed E-state index contributed by atoms with van der Waals surface area (Å²) in [6, 6.07) is 0. The summed E-state index contributed by atoms with van der Waals surface area (Å²) in [6.45, 7) is 6.88. The lowest BCUT2D eigenvalue weighted by Gasteiger charge is -2.07. The minimum atomic E-state index is 0.707. The summed E-state index contributed by atoms with van der Waals surface area (Å²) in [7, 11) is 0. The van der Waals surface area contributed by atoms with Gasteiger partial charge in [0.05, 0.1) is 5.01 Å². The molecule has 0 radical (unpaired) electrons. The van der Waals surface area contributed by atoms with Crippen LogP contribution in [0.5, 0.6) is 0 Å². The second kappa shape index (κ2) is 9.55. The lowest BCUT2D eigenvalue weighted by atomic mass is 10.0. The van der Waals surface area contributed by atoms with Crippen LogP contribution < -0.4 is 0 Å². The van der Waals surface area contributed by atoms with Crippen LogP contribution in [0.4, 0.5) is 0 Å². The molecular weight excluding hydrogens is 238 g/mol. The van der Waals surface area contributed by atoms with E-state index in [1.54, 1.807) is 0 Å². The average Bonchev–Trinajstić information content (AvgIpc) is 2.84. The Kier molecular flexibility index (Phi) is 8.32. The summed E-state index contributed by atoms with van der Waals surface area (Å²) in [5.41, 5.74) is 0. The molecule has 0 aliphatic rings. The van der Waals surface area contributed by atoms with Gasteiger partial charge in [-0.1, -0.05) is 59.3 Å². The second-order valence-electron chi connectivity index (χ2n) is 5.36. The molecule has 104 valence electrons. The van der Waals surface area contributed by atoms with E-state index in [2.05, 4.69) is 32.0 Å². The van der Waals surface area contributed by atoms with Crippen molar-refractivity contribution in [2.45, 2.75) is 84.5 Å². The predicted octanol–water partition coefficient (Wildman–Crippen LogP) is 5.95. The van der Waals surface area contributed by atoms with Gasteiger partial charge in [-0.05, 0) is 25.2 Å². The zero-order chi connectivity index (χ0) is 13.2. The van der Waals surface area contributed by atoms with Crippen molar-refractivity contribution < 1.29 is 0 Å². The quantitative estimate of drug-likeness (QED) is 0.477. The van der Waals surface area contributed by atoms with Gasteiger partial charge in [-0.15, -0.1) is 11.3 Å². The van der Waals surface area contributed by atoms with Crippen LogP contribution >= 0.6 is 11.3 Å². The van der Waals surface area contributed by atoms with E-state index in [4.69, 9.17) is 0 Å². The van der Waals surface area contributed by atoms with Crippen molar-refractivity contribution in [2.24, 2.45) is 0 Å². The topological polar surface area (TPSA) is 12.9 Å². The zero-order valence-corrected chi connectivity index (χ0v) is 13.2. The molecule has 1 aromatic heterocycles. The van der Waals surface area contributed by atoms with E-state index >= 15 is 0 Å². The standard InChI is InChI=1S/C16H29NS/c1-4-6-8-10-12-16-17-13-15(18-16)14(3)11-9-7-5-2/h13-14H,4-12H2,1-3H3. The van der Waals surface area contributed by atoms with E-state index in [0.29, 0.717) is 5.92 Å². The number of rotatable bonds is 10. The van der Waals surface area contributed by atoms with Gasteiger partial charge in [0.15, 0.2) is 0 Å². The number of thiazole rings is 1. The molecule has 0 spiro atoms. The van der Waals surface area contributed by atoms with Crippen LogP contribution in [0, 0.1) is 0 Å². The van der Waals surface area contributed by atoms with Crippen LogP contribution in [-0.4, -0.2) is 4.98 Å². The van der Waals surface area contributed by atoms with Crippen molar-refractivity contribution in [1.82, 2.24) is 4.98 Å². The first-order valence-electron chi connectivity index (χ1n) is 7.72. The van der Waals surface area contributed by atoms with Crippen LogP contribution in [0.15, 0.2) is 6.20 Å². The van der Waals surface area contributed by atoms with Gasteiger partial charge in [0, 0.05) is 11.1 Å². The molecule has 18 heavy (non-hydrogen) atoms. The molecule has 1 heterocycles. The molecule has 1 nitrogen and oxygen atoms in total. The summed E-state index contributed by atoms with van der Waals surface area (Å²) in [4.78, 5) is 6.08. The van der Waals surface area contributed by atoms with Gasteiger partial charge in [-0.3, -0.25) is 0 Å². The maximum absolute atomic E-state index is 4.58. The Labute approximate surface area is 117 Å². The first-order chi connectivity index (χ1) is 8.77. The normalized spacial score (nSPS) is 12.8. The first kappa shape index (κ1) is 15.7. The highest BCUT2D eigenvalue weighted by Crippen LogP contribution is 2.27. The number of nitrogens with zero attached hydrogens (tertiary/aromatic N) is 1. The van der Waals surface area contributed by atoms with E-state index in [9.17, 15) is 0 Å². The average molecular weight is 267 g/mol. The largest absolute Gasteiger partial charge is 0.249 e. The monoisotopic (exact) mass is 267 g/mol. The molecule has 0 fully saturated rings. The SMILES string of the molecule is CCCCCCc1ncc(C(C)CCCCC)s1. The Bertz CT molecular complexity index is 306. The number of aryl methyl sites for hydroxylation is 1. The Morgan fingerprint density at radius 1 is 1.06 bits per heavy atom. The fourth-order valence-electron chi connectivity index (χ4n) is 2.21. The van der Waals surface area contributed by atoms with Crippen LogP contribution in [-0.2, 0) is 6.42 Å². The summed E-state index contributed by atoms with van der Waals surface area (Å²) in [5.74, 6) is 0.707. The van der Waals surface area contributed by atoms with Crippen molar-refractivity contribution in [3.05, 3.63) is 16.1 Å². The van der Waals surface area contributed by atoms with Gasteiger partial charge < -0.3 is 0 Å². The Hall–Kier alpha value is -0.370. The molecule has 0 N–H and O–H groups in total. The zero-order valence-electron chi connectivity index (χ0n) is 12.4. The molecule has 1 aromatic rings. The smallest absolute Gasteiger partial charge is 0.0927 e. The van der Waals surface area contributed by atoms with Crippen molar-refractivity contribution in [1.29, 1.82) is 0 Å². The van der Waals surface area contributed by atoms with Crippen LogP contribution in [0.3, 0.4) is 0 Å². The summed E-state index contributed by atoms with van der Waals surface area (Å²) >= 11 is 1.95. The number of hydrogen-bond acceptors (Lipinski definition) is 2. The Morgan fingerprint density at radius 3 is 2.50 bits per heavy atom. The molecule has 1 rings (SSSR count). The van der Waals surface area contributed by atoms with Crippen molar-refractivity contribution in [3.8, 4) is 0 Å². The molecular formula is C16H29NS. The molecule has 0 aliphatic carbocycles. The summed E-state index contributed by atoms with van der Waals surface area (Å²) in [6.07, 6.45) is 14.0. The molecule has 0 saturated carbocycles. The second-order valence-corrected chi connectivity index (χ2v) is 6.51. The number of aromatic nitrogens is 1. The van der Waals surface area contributed by atoms with E-state index in [1.807, 2.05) is 11.3 Å². The minimum absolute atomic E-state index is 0.707. The maximum Gasteiger partial charge on any atom is 0.0927 e. The lowest BCUT2D eigenvalue weighted by molar-refractivity contribution is 0.603. The third kappa shape index (κ3) is 5.99. The van der Waals surface area contributed by atoms with Crippen molar-refractivity contribution in [2.75, 3.05) is 0 Å². The summed E-state index contributed by atoms with van der Waals surface area (Å²) in [5, 5.41) is 1.35. The molecule has 0 saturated heterocycles. The summed E-state index contributed by atoms with van der Waals surface area (Å²) < 4.78 is 0. The molecule has 0 bridgehead atoms.